The highest BCUT2D eigenvalue weighted by molar-refractivity contribution is 5.80. The number of rotatable bonds is 4. The Morgan fingerprint density at radius 1 is 1.60 bits per heavy atom. The van der Waals surface area contributed by atoms with E-state index < -0.39 is 0 Å². The highest BCUT2D eigenvalue weighted by Crippen LogP contribution is 1.94. The lowest BCUT2D eigenvalue weighted by Crippen LogP contribution is -2.35. The molecule has 0 saturated heterocycles. The van der Waals surface area contributed by atoms with Crippen LogP contribution >= 0.6 is 0 Å². The fourth-order valence-electron chi connectivity index (χ4n) is 0.747. The zero-order chi connectivity index (χ0) is 7.98. The SMILES string of the molecule is CCNC(=O)C(CC)OC. The van der Waals surface area contributed by atoms with Crippen LogP contribution in [0.25, 0.3) is 0 Å². The Balaban J connectivity index is 3.65. The van der Waals surface area contributed by atoms with Gasteiger partial charge in [-0.3, -0.25) is 4.79 Å². The molecular weight excluding hydrogens is 130 g/mol. The molecule has 1 atom stereocenters. The number of nitrogens with one attached hydrogen (secondary N) is 1. The van der Waals surface area contributed by atoms with Crippen molar-refractivity contribution in [3.63, 3.8) is 0 Å². The van der Waals surface area contributed by atoms with Gasteiger partial charge in [0.25, 0.3) is 0 Å². The minimum atomic E-state index is -0.278. The van der Waals surface area contributed by atoms with Crippen LogP contribution in [0.5, 0.6) is 0 Å². The van der Waals surface area contributed by atoms with E-state index >= 15 is 0 Å². The highest BCUT2D eigenvalue weighted by atomic mass is 16.5. The van der Waals surface area contributed by atoms with Gasteiger partial charge in [0.1, 0.15) is 6.10 Å². The molecule has 0 aliphatic rings. The first-order valence-electron chi connectivity index (χ1n) is 3.56. The molecule has 0 fully saturated rings. The number of hydrogen-bond acceptors (Lipinski definition) is 2. The van der Waals surface area contributed by atoms with Crippen LogP contribution in [-0.2, 0) is 9.53 Å². The van der Waals surface area contributed by atoms with Gasteiger partial charge >= 0.3 is 0 Å². The van der Waals surface area contributed by atoms with Crippen LogP contribution in [0.1, 0.15) is 20.3 Å². The Labute approximate surface area is 61.8 Å². The molecule has 10 heavy (non-hydrogen) atoms. The van der Waals surface area contributed by atoms with Gasteiger partial charge in [-0.1, -0.05) is 6.92 Å². The van der Waals surface area contributed by atoms with Crippen molar-refractivity contribution in [2.24, 2.45) is 0 Å². The van der Waals surface area contributed by atoms with Crippen molar-refractivity contribution < 1.29 is 9.53 Å². The largest absolute Gasteiger partial charge is 0.372 e. The molecule has 0 bridgehead atoms. The molecule has 0 aromatic heterocycles. The Hall–Kier alpha value is -0.570. The molecular formula is C7H15NO2. The Morgan fingerprint density at radius 3 is 2.50 bits per heavy atom. The molecule has 0 rings (SSSR count). The van der Waals surface area contributed by atoms with E-state index in [-0.39, 0.29) is 12.0 Å². The summed E-state index contributed by atoms with van der Waals surface area (Å²) in [6, 6.07) is 0. The first-order chi connectivity index (χ1) is 4.76. The van der Waals surface area contributed by atoms with Crippen molar-refractivity contribution >= 4 is 5.91 Å². The number of carbonyl (C=O) groups excluding carboxylic acids is 1. The minimum absolute atomic E-state index is 0.0208. The fourth-order valence-corrected chi connectivity index (χ4v) is 0.747. The van der Waals surface area contributed by atoms with E-state index in [4.69, 9.17) is 4.74 Å². The summed E-state index contributed by atoms with van der Waals surface area (Å²) in [5.41, 5.74) is 0. The van der Waals surface area contributed by atoms with E-state index in [0.29, 0.717) is 6.54 Å². The third kappa shape index (κ3) is 2.82. The molecule has 0 aliphatic carbocycles. The number of methoxy groups -OCH3 is 1. The van der Waals surface area contributed by atoms with Gasteiger partial charge in [0.15, 0.2) is 0 Å². The molecule has 0 radical (unpaired) electrons. The number of hydrogen-bond donors (Lipinski definition) is 1. The second-order valence-electron chi connectivity index (χ2n) is 2.03. The van der Waals surface area contributed by atoms with Crippen LogP contribution < -0.4 is 5.32 Å². The van der Waals surface area contributed by atoms with E-state index in [1.165, 1.54) is 0 Å². The topological polar surface area (TPSA) is 38.3 Å². The Morgan fingerprint density at radius 2 is 2.20 bits per heavy atom. The smallest absolute Gasteiger partial charge is 0.249 e. The molecule has 0 saturated carbocycles. The number of carbonyl (C=O) groups is 1. The predicted octanol–water partition coefficient (Wildman–Crippen LogP) is 0.547. The molecule has 1 N–H and O–H groups in total. The summed E-state index contributed by atoms with van der Waals surface area (Å²) in [7, 11) is 1.55. The predicted molar refractivity (Wildman–Crippen MR) is 39.8 cm³/mol. The lowest BCUT2D eigenvalue weighted by atomic mass is 10.2. The van der Waals surface area contributed by atoms with Gasteiger partial charge in [-0.05, 0) is 13.3 Å². The zero-order valence-corrected chi connectivity index (χ0v) is 6.81. The summed E-state index contributed by atoms with van der Waals surface area (Å²) >= 11 is 0. The molecule has 0 heterocycles. The third-order valence-electron chi connectivity index (χ3n) is 1.30. The lowest BCUT2D eigenvalue weighted by Gasteiger charge is -2.11. The first-order valence-corrected chi connectivity index (χ1v) is 3.56. The molecule has 0 aromatic carbocycles. The summed E-state index contributed by atoms with van der Waals surface area (Å²) in [4.78, 5) is 11.0. The lowest BCUT2D eigenvalue weighted by molar-refractivity contribution is -0.131. The quantitative estimate of drug-likeness (QED) is 0.627. The number of likely N-dealkylation sites (N-methyl/N-ethyl adjacent to an activating group) is 1. The van der Waals surface area contributed by atoms with E-state index in [1.54, 1.807) is 7.11 Å². The second kappa shape index (κ2) is 5.23. The number of amides is 1. The van der Waals surface area contributed by atoms with Crippen LogP contribution in [0.2, 0.25) is 0 Å². The fraction of sp³-hybridized carbons (Fsp3) is 0.857. The average Bonchev–Trinajstić information content (AvgIpc) is 1.91. The maximum absolute atomic E-state index is 11.0. The van der Waals surface area contributed by atoms with Gasteiger partial charge in [0.05, 0.1) is 0 Å². The van der Waals surface area contributed by atoms with E-state index in [0.717, 1.165) is 6.42 Å². The summed E-state index contributed by atoms with van der Waals surface area (Å²) in [5, 5.41) is 2.68. The van der Waals surface area contributed by atoms with E-state index in [9.17, 15) is 4.79 Å². The van der Waals surface area contributed by atoms with Gasteiger partial charge in [-0.15, -0.1) is 0 Å². The molecule has 1 amide bonds. The number of ether oxygens (including phenoxy) is 1. The average molecular weight is 145 g/mol. The van der Waals surface area contributed by atoms with Crippen LogP contribution in [0, 0.1) is 0 Å². The van der Waals surface area contributed by atoms with Crippen molar-refractivity contribution in [1.82, 2.24) is 5.32 Å². The van der Waals surface area contributed by atoms with Gasteiger partial charge in [-0.25, -0.2) is 0 Å². The molecule has 0 spiro atoms. The normalized spacial score (nSPS) is 12.7. The van der Waals surface area contributed by atoms with Gasteiger partial charge in [0, 0.05) is 13.7 Å². The summed E-state index contributed by atoms with van der Waals surface area (Å²) in [5.74, 6) is -0.0208. The van der Waals surface area contributed by atoms with Crippen molar-refractivity contribution in [3.05, 3.63) is 0 Å². The van der Waals surface area contributed by atoms with Gasteiger partial charge in [-0.2, -0.15) is 0 Å². The van der Waals surface area contributed by atoms with Crippen LogP contribution in [0.15, 0.2) is 0 Å². The van der Waals surface area contributed by atoms with Crippen molar-refractivity contribution in [1.29, 1.82) is 0 Å². The molecule has 1 unspecified atom stereocenters. The maximum Gasteiger partial charge on any atom is 0.249 e. The third-order valence-corrected chi connectivity index (χ3v) is 1.30. The highest BCUT2D eigenvalue weighted by Gasteiger charge is 2.12. The molecule has 0 aromatic rings. The Bertz CT molecular complexity index is 99.8. The second-order valence-corrected chi connectivity index (χ2v) is 2.03. The summed E-state index contributed by atoms with van der Waals surface area (Å²) in [6.07, 6.45) is 0.447. The minimum Gasteiger partial charge on any atom is -0.372 e. The monoisotopic (exact) mass is 145 g/mol. The Kier molecular flexibility index (Phi) is 4.94. The molecule has 0 aliphatic heterocycles. The van der Waals surface area contributed by atoms with Gasteiger partial charge < -0.3 is 10.1 Å². The standard InChI is InChI=1S/C7H15NO2/c1-4-6(10-3)7(9)8-5-2/h6H,4-5H2,1-3H3,(H,8,9). The van der Waals surface area contributed by atoms with Crippen LogP contribution in [0.3, 0.4) is 0 Å². The molecule has 3 heteroatoms. The molecule has 60 valence electrons. The summed E-state index contributed by atoms with van der Waals surface area (Å²) < 4.78 is 4.90. The van der Waals surface area contributed by atoms with E-state index in [1.807, 2.05) is 13.8 Å². The van der Waals surface area contributed by atoms with Crippen LogP contribution in [0.4, 0.5) is 0 Å². The van der Waals surface area contributed by atoms with Crippen molar-refractivity contribution in [2.75, 3.05) is 13.7 Å². The maximum atomic E-state index is 11.0. The summed E-state index contributed by atoms with van der Waals surface area (Å²) in [6.45, 7) is 4.47. The van der Waals surface area contributed by atoms with E-state index in [2.05, 4.69) is 5.32 Å². The molecule has 3 nitrogen and oxygen atoms in total. The van der Waals surface area contributed by atoms with Crippen molar-refractivity contribution in [2.45, 2.75) is 26.4 Å². The van der Waals surface area contributed by atoms with Crippen molar-refractivity contribution in [3.8, 4) is 0 Å². The van der Waals surface area contributed by atoms with Gasteiger partial charge in [0.2, 0.25) is 5.91 Å². The van der Waals surface area contributed by atoms with Crippen LogP contribution in [-0.4, -0.2) is 25.7 Å². The zero-order valence-electron chi connectivity index (χ0n) is 6.81. The first kappa shape index (κ1) is 9.43.